The zero-order valence-corrected chi connectivity index (χ0v) is 17.0. The van der Waals surface area contributed by atoms with E-state index in [2.05, 4.69) is 58.9 Å². The molecular weight excluding hydrogens is 258 g/mol. The Morgan fingerprint density at radius 3 is 0.938 bits per heavy atom. The van der Waals surface area contributed by atoms with Crippen molar-refractivity contribution in [3.8, 4) is 0 Å². The van der Waals surface area contributed by atoms with Gasteiger partial charge in [0, 0.05) is 29.4 Å². The van der Waals surface area contributed by atoms with Crippen LogP contribution in [0.25, 0.3) is 0 Å². The van der Waals surface area contributed by atoms with Crippen LogP contribution in [-0.4, -0.2) is 35.9 Å². The molecular formula is C11H33NSi4. The Labute approximate surface area is 107 Å². The molecule has 0 radical (unpaired) electrons. The van der Waals surface area contributed by atoms with Gasteiger partial charge in [0.05, 0.1) is 0 Å². The summed E-state index contributed by atoms with van der Waals surface area (Å²) in [6.07, 6.45) is 0. The van der Waals surface area contributed by atoms with Gasteiger partial charge in [0.1, 0.15) is 0 Å². The predicted octanol–water partition coefficient (Wildman–Crippen LogP) is 3.64. The zero-order valence-electron chi connectivity index (χ0n) is 13.0. The van der Waals surface area contributed by atoms with Crippen molar-refractivity contribution in [3.05, 3.63) is 0 Å². The van der Waals surface area contributed by atoms with E-state index in [9.17, 15) is 0 Å². The first kappa shape index (κ1) is 16.8. The Bertz CT molecular complexity index is 196. The molecule has 1 nitrogen and oxygen atoms in total. The minimum absolute atomic E-state index is 0.936. The summed E-state index contributed by atoms with van der Waals surface area (Å²) in [5.41, 5.74) is 6.01. The van der Waals surface area contributed by atoms with E-state index < -0.39 is 29.4 Å². The van der Waals surface area contributed by atoms with Gasteiger partial charge in [0.15, 0.2) is 0 Å². The topological polar surface area (TPSA) is 26.0 Å². The van der Waals surface area contributed by atoms with Gasteiger partial charge in [-0.25, -0.2) is 0 Å². The minimum atomic E-state index is -1.11. The van der Waals surface area contributed by atoms with E-state index in [1.165, 1.54) is 6.04 Å². The second kappa shape index (κ2) is 4.83. The van der Waals surface area contributed by atoms with E-state index in [1.54, 1.807) is 0 Å². The molecule has 0 aliphatic heterocycles. The van der Waals surface area contributed by atoms with E-state index in [1.807, 2.05) is 0 Å². The molecule has 0 saturated heterocycles. The summed E-state index contributed by atoms with van der Waals surface area (Å²) < 4.78 is 0. The van der Waals surface area contributed by atoms with Crippen molar-refractivity contribution < 1.29 is 0 Å². The molecule has 0 atom stereocenters. The molecule has 0 aromatic rings. The van der Waals surface area contributed by atoms with Crippen LogP contribution in [0, 0.1) is 0 Å². The van der Waals surface area contributed by atoms with Gasteiger partial charge in [-0.1, -0.05) is 65.0 Å². The molecule has 16 heavy (non-hydrogen) atoms. The van der Waals surface area contributed by atoms with E-state index in [4.69, 9.17) is 5.73 Å². The maximum absolute atomic E-state index is 6.01. The molecule has 0 aromatic carbocycles. The van der Waals surface area contributed by atoms with Crippen molar-refractivity contribution in [1.82, 2.24) is 0 Å². The van der Waals surface area contributed by atoms with Crippen LogP contribution >= 0.6 is 0 Å². The van der Waals surface area contributed by atoms with Crippen LogP contribution in [0.1, 0.15) is 0 Å². The fourth-order valence-electron chi connectivity index (χ4n) is 4.72. The number of nitrogens with two attached hydrogens (primary N) is 1. The van der Waals surface area contributed by atoms with Gasteiger partial charge in [-0.3, -0.25) is 0 Å². The molecule has 0 aliphatic carbocycles. The largest absolute Gasteiger partial charge is 0.331 e. The third-order valence-electron chi connectivity index (χ3n) is 4.36. The van der Waals surface area contributed by atoms with E-state index in [0.29, 0.717) is 0 Å². The molecule has 0 aliphatic rings. The van der Waals surface area contributed by atoms with Crippen molar-refractivity contribution in [2.45, 2.75) is 65.0 Å². The molecule has 0 unspecified atom stereocenters. The zero-order chi connectivity index (χ0) is 13.4. The molecule has 0 rings (SSSR count). The normalized spacial score (nSPS) is 15.4. The summed E-state index contributed by atoms with van der Waals surface area (Å²) in [5.74, 6) is 0. The molecule has 0 bridgehead atoms. The average Bonchev–Trinajstić information content (AvgIpc) is 1.91. The Balaban J connectivity index is 5.82. The molecule has 0 fully saturated rings. The predicted molar refractivity (Wildman–Crippen MR) is 89.7 cm³/mol. The van der Waals surface area contributed by atoms with Gasteiger partial charge in [-0.2, -0.15) is 0 Å². The van der Waals surface area contributed by atoms with Crippen molar-refractivity contribution in [3.63, 3.8) is 0 Å². The van der Waals surface area contributed by atoms with E-state index in [0.717, 1.165) is 6.54 Å². The second-order valence-electron chi connectivity index (χ2n) is 8.19. The van der Waals surface area contributed by atoms with Crippen LogP contribution < -0.4 is 5.73 Å². The first-order valence-corrected chi connectivity index (χ1v) is 22.2. The standard InChI is InChI=1S/C11H33NSi4/c1-13(2,3)16(11-10-12,14(4,5)6)15(7,8)9/h10-12H2,1-9H3. The Morgan fingerprint density at radius 1 is 0.625 bits per heavy atom. The highest BCUT2D eigenvalue weighted by molar-refractivity contribution is 7.89. The highest BCUT2D eigenvalue weighted by Gasteiger charge is 2.60. The Hall–Kier alpha value is 0.828. The fourth-order valence-corrected chi connectivity index (χ4v) is 103. The monoisotopic (exact) mass is 291 g/mol. The van der Waals surface area contributed by atoms with Crippen LogP contribution in [0.4, 0.5) is 0 Å². The molecule has 5 heteroatoms. The lowest BCUT2D eigenvalue weighted by molar-refractivity contribution is 1.11. The quantitative estimate of drug-likeness (QED) is 0.769. The van der Waals surface area contributed by atoms with Gasteiger partial charge in [0.2, 0.25) is 0 Å². The number of rotatable bonds is 5. The lowest BCUT2D eigenvalue weighted by Crippen LogP contribution is -2.83. The third-order valence-corrected chi connectivity index (χ3v) is 78.9. The molecule has 0 amide bonds. The lowest BCUT2D eigenvalue weighted by atomic mass is 10.8. The lowest BCUT2D eigenvalue weighted by Gasteiger charge is -2.57. The second-order valence-corrected chi connectivity index (χ2v) is 49.7. The van der Waals surface area contributed by atoms with Crippen LogP contribution in [0.5, 0.6) is 0 Å². The van der Waals surface area contributed by atoms with Crippen LogP contribution in [-0.2, 0) is 0 Å². The summed E-state index contributed by atoms with van der Waals surface area (Å²) >= 11 is 0. The Kier molecular flexibility index (Phi) is 5.08. The maximum Gasteiger partial charge on any atom is 0.0386 e. The van der Waals surface area contributed by atoms with Crippen LogP contribution in [0.15, 0.2) is 0 Å². The van der Waals surface area contributed by atoms with Gasteiger partial charge >= 0.3 is 0 Å². The highest BCUT2D eigenvalue weighted by atomic mass is 29.9. The summed E-state index contributed by atoms with van der Waals surface area (Å²) in [6, 6.07) is 1.41. The highest BCUT2D eigenvalue weighted by Crippen LogP contribution is 2.39. The average molecular weight is 292 g/mol. The number of hydrogen-bond donors (Lipinski definition) is 1. The van der Waals surface area contributed by atoms with E-state index in [-0.39, 0.29) is 0 Å². The summed E-state index contributed by atoms with van der Waals surface area (Å²) in [5, 5.41) is 0. The van der Waals surface area contributed by atoms with Crippen LogP contribution in [0.2, 0.25) is 65.0 Å². The first-order chi connectivity index (χ1) is 6.81. The maximum atomic E-state index is 6.01. The molecule has 0 heterocycles. The third kappa shape index (κ3) is 2.80. The molecule has 0 aromatic heterocycles. The smallest absolute Gasteiger partial charge is 0.0386 e. The first-order valence-electron chi connectivity index (χ1n) is 6.51. The molecule has 98 valence electrons. The van der Waals surface area contributed by atoms with Gasteiger partial charge in [0.25, 0.3) is 0 Å². The minimum Gasteiger partial charge on any atom is -0.331 e. The Morgan fingerprint density at radius 2 is 0.875 bits per heavy atom. The van der Waals surface area contributed by atoms with Gasteiger partial charge in [-0.15, -0.1) is 0 Å². The van der Waals surface area contributed by atoms with Crippen molar-refractivity contribution in [2.75, 3.05) is 6.54 Å². The van der Waals surface area contributed by atoms with Gasteiger partial charge in [-0.05, 0) is 6.54 Å². The SMILES string of the molecule is C[Si](C)(C)[Si](CCN)([Si](C)(C)C)[Si](C)(C)C. The van der Waals surface area contributed by atoms with Crippen molar-refractivity contribution >= 4 is 29.4 Å². The van der Waals surface area contributed by atoms with Crippen molar-refractivity contribution in [1.29, 1.82) is 0 Å². The van der Waals surface area contributed by atoms with Crippen LogP contribution in [0.3, 0.4) is 0 Å². The van der Waals surface area contributed by atoms with Crippen molar-refractivity contribution in [2.24, 2.45) is 5.73 Å². The molecule has 0 saturated carbocycles. The summed E-state index contributed by atoms with van der Waals surface area (Å²) in [6.45, 7) is 23.5. The molecule has 2 N–H and O–H groups in total. The number of hydrogen-bond acceptors (Lipinski definition) is 1. The summed E-state index contributed by atoms with van der Waals surface area (Å²) in [4.78, 5) is 0. The van der Waals surface area contributed by atoms with Gasteiger partial charge < -0.3 is 5.73 Å². The summed E-state index contributed by atoms with van der Waals surface area (Å²) in [7, 11) is -3.14. The van der Waals surface area contributed by atoms with E-state index >= 15 is 0 Å². The molecule has 0 spiro atoms. The fraction of sp³-hybridized carbons (Fsp3) is 1.00.